The molecule has 0 aromatic heterocycles. The van der Waals surface area contributed by atoms with Crippen LogP contribution < -0.4 is 10.6 Å². The first-order valence-electron chi connectivity index (χ1n) is 5.17. The molecule has 0 aliphatic rings. The molecule has 0 spiro atoms. The maximum absolute atomic E-state index is 11.8. The van der Waals surface area contributed by atoms with Gasteiger partial charge in [0.15, 0.2) is 0 Å². The van der Waals surface area contributed by atoms with Gasteiger partial charge < -0.3 is 10.6 Å². The summed E-state index contributed by atoms with van der Waals surface area (Å²) in [5.41, 5.74) is 5.80. The molecule has 0 heterocycles. The molecule has 86 valence electrons. The van der Waals surface area contributed by atoms with Crippen LogP contribution in [-0.4, -0.2) is 17.9 Å². The summed E-state index contributed by atoms with van der Waals surface area (Å²) in [5, 5.41) is 0. The Hall–Kier alpha value is -1.84. The van der Waals surface area contributed by atoms with Gasteiger partial charge in [0, 0.05) is 11.7 Å². The third-order valence-electron chi connectivity index (χ3n) is 2.14. The zero-order valence-corrected chi connectivity index (χ0v) is 9.51. The molecule has 1 aromatic carbocycles. The minimum absolute atomic E-state index is 0.00532. The fraction of sp³-hybridized carbons (Fsp3) is 0.333. The fourth-order valence-corrected chi connectivity index (χ4v) is 1.55. The number of anilines is 1. The predicted octanol–water partition coefficient (Wildman–Crippen LogP) is 1.30. The van der Waals surface area contributed by atoms with Gasteiger partial charge in [0.25, 0.3) is 0 Å². The standard InChI is InChI=1S/C12H16N2O2/c1-9(2)14(12(16)8-11(13)15)10-6-4-3-5-7-10/h3-7,9H,8H2,1-2H3,(H2,13,15). The molecule has 0 fully saturated rings. The number of para-hydroxylation sites is 1. The van der Waals surface area contributed by atoms with Crippen molar-refractivity contribution in [2.45, 2.75) is 26.3 Å². The molecule has 0 saturated carbocycles. The molecule has 0 unspecified atom stereocenters. The number of hydrogen-bond acceptors (Lipinski definition) is 2. The van der Waals surface area contributed by atoms with Crippen molar-refractivity contribution >= 4 is 17.5 Å². The fourth-order valence-electron chi connectivity index (χ4n) is 1.55. The van der Waals surface area contributed by atoms with Gasteiger partial charge in [0.05, 0.1) is 0 Å². The summed E-state index contributed by atoms with van der Waals surface area (Å²) in [6.45, 7) is 3.79. The summed E-state index contributed by atoms with van der Waals surface area (Å²) in [6, 6.07) is 9.23. The molecule has 0 radical (unpaired) electrons. The average Bonchev–Trinajstić information content (AvgIpc) is 2.17. The first kappa shape index (κ1) is 12.2. The number of amides is 2. The van der Waals surface area contributed by atoms with Crippen molar-refractivity contribution < 1.29 is 9.59 Å². The summed E-state index contributed by atoms with van der Waals surface area (Å²) in [7, 11) is 0. The highest BCUT2D eigenvalue weighted by atomic mass is 16.2. The number of nitrogens with two attached hydrogens (primary N) is 1. The zero-order chi connectivity index (χ0) is 12.1. The Bertz CT molecular complexity index is 374. The molecule has 0 bridgehead atoms. The van der Waals surface area contributed by atoms with E-state index in [9.17, 15) is 9.59 Å². The number of carbonyl (C=O) groups is 2. The Morgan fingerprint density at radius 1 is 1.25 bits per heavy atom. The highest BCUT2D eigenvalue weighted by Gasteiger charge is 2.19. The lowest BCUT2D eigenvalue weighted by molar-refractivity contribution is -0.126. The van der Waals surface area contributed by atoms with E-state index >= 15 is 0 Å². The van der Waals surface area contributed by atoms with Gasteiger partial charge in [-0.05, 0) is 26.0 Å². The van der Waals surface area contributed by atoms with Gasteiger partial charge >= 0.3 is 0 Å². The average molecular weight is 220 g/mol. The minimum atomic E-state index is -0.605. The largest absolute Gasteiger partial charge is 0.369 e. The second kappa shape index (κ2) is 5.30. The molecule has 1 aromatic rings. The Morgan fingerprint density at radius 3 is 2.25 bits per heavy atom. The van der Waals surface area contributed by atoms with Crippen LogP contribution in [0.3, 0.4) is 0 Å². The van der Waals surface area contributed by atoms with Gasteiger partial charge in [0.2, 0.25) is 11.8 Å². The molecule has 4 nitrogen and oxygen atoms in total. The summed E-state index contributed by atoms with van der Waals surface area (Å²) in [5.74, 6) is -0.875. The summed E-state index contributed by atoms with van der Waals surface area (Å²) in [6.07, 6.45) is -0.257. The topological polar surface area (TPSA) is 63.4 Å². The lowest BCUT2D eigenvalue weighted by Gasteiger charge is -2.26. The van der Waals surface area contributed by atoms with Crippen molar-refractivity contribution in [3.05, 3.63) is 30.3 Å². The van der Waals surface area contributed by atoms with E-state index in [1.54, 1.807) is 4.90 Å². The summed E-state index contributed by atoms with van der Waals surface area (Å²) < 4.78 is 0. The van der Waals surface area contributed by atoms with Crippen molar-refractivity contribution in [2.75, 3.05) is 4.90 Å². The Kier molecular flexibility index (Phi) is 4.05. The van der Waals surface area contributed by atoms with E-state index < -0.39 is 5.91 Å². The predicted molar refractivity (Wildman–Crippen MR) is 62.9 cm³/mol. The van der Waals surface area contributed by atoms with Crippen LogP contribution in [0.4, 0.5) is 5.69 Å². The maximum Gasteiger partial charge on any atom is 0.236 e. The molecular formula is C12H16N2O2. The smallest absolute Gasteiger partial charge is 0.236 e. The molecule has 4 heteroatoms. The molecule has 0 atom stereocenters. The third-order valence-corrected chi connectivity index (χ3v) is 2.14. The monoisotopic (exact) mass is 220 g/mol. The second-order valence-electron chi connectivity index (χ2n) is 3.84. The molecular weight excluding hydrogens is 204 g/mol. The number of primary amides is 1. The van der Waals surface area contributed by atoms with Crippen molar-refractivity contribution in [3.63, 3.8) is 0 Å². The van der Waals surface area contributed by atoms with Crippen molar-refractivity contribution in [1.29, 1.82) is 0 Å². The van der Waals surface area contributed by atoms with Crippen LogP contribution in [0.1, 0.15) is 20.3 Å². The lowest BCUT2D eigenvalue weighted by Crippen LogP contribution is -2.39. The van der Waals surface area contributed by atoms with E-state index in [1.807, 2.05) is 44.2 Å². The molecule has 0 aliphatic heterocycles. The number of hydrogen-bond donors (Lipinski definition) is 1. The van der Waals surface area contributed by atoms with Crippen LogP contribution in [0, 0.1) is 0 Å². The maximum atomic E-state index is 11.8. The number of benzene rings is 1. The highest BCUT2D eigenvalue weighted by Crippen LogP contribution is 2.17. The van der Waals surface area contributed by atoms with Gasteiger partial charge in [-0.1, -0.05) is 18.2 Å². The van der Waals surface area contributed by atoms with E-state index in [0.29, 0.717) is 0 Å². The first-order valence-corrected chi connectivity index (χ1v) is 5.17. The molecule has 0 aliphatic carbocycles. The van der Waals surface area contributed by atoms with Crippen LogP contribution in [0.5, 0.6) is 0 Å². The quantitative estimate of drug-likeness (QED) is 0.777. The van der Waals surface area contributed by atoms with E-state index in [4.69, 9.17) is 5.73 Å². The SMILES string of the molecule is CC(C)N(C(=O)CC(N)=O)c1ccccc1. The molecule has 0 saturated heterocycles. The Labute approximate surface area is 95.0 Å². The Balaban J connectivity index is 2.92. The number of nitrogens with zero attached hydrogens (tertiary/aromatic N) is 1. The number of carbonyl (C=O) groups excluding carboxylic acids is 2. The van der Waals surface area contributed by atoms with Gasteiger partial charge in [0.1, 0.15) is 6.42 Å². The van der Waals surface area contributed by atoms with Gasteiger partial charge in [-0.15, -0.1) is 0 Å². The Morgan fingerprint density at radius 2 is 1.81 bits per heavy atom. The van der Waals surface area contributed by atoms with Crippen molar-refractivity contribution in [2.24, 2.45) is 5.73 Å². The van der Waals surface area contributed by atoms with Gasteiger partial charge in [-0.2, -0.15) is 0 Å². The van der Waals surface area contributed by atoms with E-state index in [2.05, 4.69) is 0 Å². The zero-order valence-electron chi connectivity index (χ0n) is 9.51. The molecule has 1 rings (SSSR count). The van der Waals surface area contributed by atoms with E-state index in [1.165, 1.54) is 0 Å². The van der Waals surface area contributed by atoms with Gasteiger partial charge in [-0.25, -0.2) is 0 Å². The van der Waals surface area contributed by atoms with Crippen LogP contribution >= 0.6 is 0 Å². The van der Waals surface area contributed by atoms with Crippen LogP contribution in [0.2, 0.25) is 0 Å². The van der Waals surface area contributed by atoms with Crippen LogP contribution in [0.15, 0.2) is 30.3 Å². The normalized spacial score (nSPS) is 10.2. The summed E-state index contributed by atoms with van der Waals surface area (Å²) >= 11 is 0. The minimum Gasteiger partial charge on any atom is -0.369 e. The summed E-state index contributed by atoms with van der Waals surface area (Å²) in [4.78, 5) is 24.1. The second-order valence-corrected chi connectivity index (χ2v) is 3.84. The van der Waals surface area contributed by atoms with Gasteiger partial charge in [-0.3, -0.25) is 9.59 Å². The van der Waals surface area contributed by atoms with E-state index in [0.717, 1.165) is 5.69 Å². The number of rotatable bonds is 4. The van der Waals surface area contributed by atoms with Crippen LogP contribution in [-0.2, 0) is 9.59 Å². The first-order chi connectivity index (χ1) is 7.52. The molecule has 2 N–H and O–H groups in total. The third kappa shape index (κ3) is 3.08. The lowest BCUT2D eigenvalue weighted by atomic mass is 10.2. The van der Waals surface area contributed by atoms with Crippen molar-refractivity contribution in [1.82, 2.24) is 0 Å². The molecule has 16 heavy (non-hydrogen) atoms. The highest BCUT2D eigenvalue weighted by molar-refractivity contribution is 6.04. The van der Waals surface area contributed by atoms with Crippen molar-refractivity contribution in [3.8, 4) is 0 Å². The molecule has 2 amide bonds. The van der Waals surface area contributed by atoms with E-state index in [-0.39, 0.29) is 18.4 Å². The van der Waals surface area contributed by atoms with Crippen LogP contribution in [0.25, 0.3) is 0 Å².